The van der Waals surface area contributed by atoms with Gasteiger partial charge in [-0.05, 0) is 61.2 Å². The van der Waals surface area contributed by atoms with Gasteiger partial charge in [-0.1, -0.05) is 24.3 Å². The Hall–Kier alpha value is -2.73. The number of piperidine rings is 1. The molecular weight excluding hydrogens is 376 g/mol. The summed E-state index contributed by atoms with van der Waals surface area (Å²) in [5.74, 6) is -1.66. The molecule has 0 radical (unpaired) electrons. The molecule has 0 unspecified atom stereocenters. The third-order valence-corrected chi connectivity index (χ3v) is 5.10. The maximum Gasteiger partial charge on any atom is 0.307 e. The van der Waals surface area contributed by atoms with E-state index in [1.807, 2.05) is 0 Å². The molecule has 1 heterocycles. The second kappa shape index (κ2) is 10.2. The van der Waals surface area contributed by atoms with Crippen molar-refractivity contribution in [2.24, 2.45) is 5.92 Å². The number of hydrogen-bond acceptors (Lipinski definition) is 3. The second-order valence-electron chi connectivity index (χ2n) is 7.25. The van der Waals surface area contributed by atoms with Gasteiger partial charge in [-0.3, -0.25) is 4.79 Å². The topological polar surface area (TPSA) is 49.8 Å². The van der Waals surface area contributed by atoms with Crippen LogP contribution in [0.4, 0.5) is 8.78 Å². The van der Waals surface area contributed by atoms with E-state index in [9.17, 15) is 18.7 Å². The van der Waals surface area contributed by atoms with Crippen molar-refractivity contribution in [3.63, 3.8) is 0 Å². The van der Waals surface area contributed by atoms with Crippen LogP contribution in [0, 0.1) is 17.6 Å². The normalized spacial score (nSPS) is 17.0. The van der Waals surface area contributed by atoms with Gasteiger partial charge in [-0.15, -0.1) is 0 Å². The van der Waals surface area contributed by atoms with E-state index in [1.165, 1.54) is 24.3 Å². The number of rotatable bonds is 8. The Kier molecular flexibility index (Phi) is 7.36. The number of likely N-dealkylation sites (tertiary alicyclic amines) is 1. The zero-order valence-corrected chi connectivity index (χ0v) is 16.2. The summed E-state index contributed by atoms with van der Waals surface area (Å²) in [6, 6.07) is 12.1. The number of nitrogens with zero attached hydrogens (tertiary/aromatic N) is 1. The minimum atomic E-state index is -0.725. The first kappa shape index (κ1) is 21.0. The van der Waals surface area contributed by atoms with Crippen molar-refractivity contribution in [3.05, 3.63) is 77.6 Å². The molecule has 29 heavy (non-hydrogen) atoms. The first-order valence-electron chi connectivity index (χ1n) is 9.82. The van der Waals surface area contributed by atoms with Gasteiger partial charge < -0.3 is 14.7 Å². The zero-order chi connectivity index (χ0) is 20.6. The van der Waals surface area contributed by atoms with E-state index in [0.717, 1.165) is 49.1 Å². The van der Waals surface area contributed by atoms with E-state index in [-0.39, 0.29) is 17.6 Å². The Labute approximate surface area is 169 Å². The lowest BCUT2D eigenvalue weighted by molar-refractivity contribution is -0.143. The molecule has 6 heteroatoms. The standard InChI is InChI=1S/C23H25F2NO3/c24-20-8-4-17(5-9-20)22(18-6-10-21(25)11-7-18)16-29-14-2-13-26-12-1-3-19(15-26)23(27)28/h4-11,16,19H,1-3,12-15H2,(H,27,28)/t19-/m1/s1. The monoisotopic (exact) mass is 401 g/mol. The lowest BCUT2D eigenvalue weighted by Crippen LogP contribution is -2.39. The van der Waals surface area contributed by atoms with Crippen LogP contribution in [-0.4, -0.2) is 42.2 Å². The summed E-state index contributed by atoms with van der Waals surface area (Å²) >= 11 is 0. The second-order valence-corrected chi connectivity index (χ2v) is 7.25. The third kappa shape index (κ3) is 6.12. The number of carbonyl (C=O) groups is 1. The van der Waals surface area contributed by atoms with Crippen molar-refractivity contribution < 1.29 is 23.4 Å². The summed E-state index contributed by atoms with van der Waals surface area (Å²) in [6.45, 7) is 2.75. The highest BCUT2D eigenvalue weighted by atomic mass is 19.1. The minimum Gasteiger partial charge on any atom is -0.500 e. The van der Waals surface area contributed by atoms with E-state index in [0.29, 0.717) is 13.2 Å². The molecule has 0 aliphatic carbocycles. The number of aliphatic carboxylic acids is 1. The summed E-state index contributed by atoms with van der Waals surface area (Å²) in [7, 11) is 0. The van der Waals surface area contributed by atoms with Gasteiger partial charge >= 0.3 is 5.97 Å². The Morgan fingerprint density at radius 2 is 1.66 bits per heavy atom. The molecule has 1 atom stereocenters. The lowest BCUT2D eigenvalue weighted by atomic mass is 9.98. The van der Waals surface area contributed by atoms with Crippen LogP contribution in [-0.2, 0) is 9.53 Å². The average Bonchev–Trinajstić information content (AvgIpc) is 2.73. The molecule has 3 rings (SSSR count). The first-order valence-corrected chi connectivity index (χ1v) is 9.82. The predicted molar refractivity (Wildman–Crippen MR) is 107 cm³/mol. The molecule has 0 aromatic heterocycles. The Bertz CT molecular complexity index is 787. The number of benzene rings is 2. The smallest absolute Gasteiger partial charge is 0.307 e. The van der Waals surface area contributed by atoms with E-state index < -0.39 is 5.97 Å². The molecule has 1 fully saturated rings. The van der Waals surface area contributed by atoms with Crippen molar-refractivity contribution in [1.29, 1.82) is 0 Å². The molecular formula is C23H25F2NO3. The third-order valence-electron chi connectivity index (χ3n) is 5.10. The van der Waals surface area contributed by atoms with Crippen LogP contribution >= 0.6 is 0 Å². The van der Waals surface area contributed by atoms with Gasteiger partial charge in [0.2, 0.25) is 0 Å². The summed E-state index contributed by atoms with van der Waals surface area (Å²) in [4.78, 5) is 13.3. The van der Waals surface area contributed by atoms with Gasteiger partial charge in [0.15, 0.2) is 0 Å². The molecule has 1 saturated heterocycles. The molecule has 2 aromatic carbocycles. The van der Waals surface area contributed by atoms with Crippen molar-refractivity contribution >= 4 is 11.5 Å². The lowest BCUT2D eigenvalue weighted by Gasteiger charge is -2.30. The highest BCUT2D eigenvalue weighted by molar-refractivity contribution is 5.79. The van der Waals surface area contributed by atoms with Gasteiger partial charge in [-0.25, -0.2) is 8.78 Å². The molecule has 0 amide bonds. The van der Waals surface area contributed by atoms with Crippen LogP contribution in [0.25, 0.3) is 5.57 Å². The molecule has 0 spiro atoms. The van der Waals surface area contributed by atoms with E-state index in [4.69, 9.17) is 4.74 Å². The molecule has 0 saturated carbocycles. The molecule has 0 bridgehead atoms. The summed E-state index contributed by atoms with van der Waals surface area (Å²) < 4.78 is 32.3. The quantitative estimate of drug-likeness (QED) is 0.521. The maximum absolute atomic E-state index is 13.3. The van der Waals surface area contributed by atoms with Crippen molar-refractivity contribution in [2.75, 3.05) is 26.2 Å². The molecule has 1 N–H and O–H groups in total. The first-order chi connectivity index (χ1) is 14.0. The fraction of sp³-hybridized carbons (Fsp3) is 0.348. The molecule has 4 nitrogen and oxygen atoms in total. The number of ether oxygens (including phenoxy) is 1. The number of carboxylic acids is 1. The average molecular weight is 401 g/mol. The number of carboxylic acid groups (broad SMARTS) is 1. The van der Waals surface area contributed by atoms with Crippen LogP contribution in [0.2, 0.25) is 0 Å². The highest BCUT2D eigenvalue weighted by Crippen LogP contribution is 2.24. The summed E-state index contributed by atoms with van der Waals surface area (Å²) in [5.41, 5.74) is 2.30. The van der Waals surface area contributed by atoms with Crippen LogP contribution < -0.4 is 0 Å². The van der Waals surface area contributed by atoms with Crippen LogP contribution in [0.3, 0.4) is 0 Å². The molecule has 154 valence electrons. The fourth-order valence-corrected chi connectivity index (χ4v) is 3.54. The Balaban J connectivity index is 1.59. The fourth-order valence-electron chi connectivity index (χ4n) is 3.54. The van der Waals surface area contributed by atoms with E-state index in [1.54, 1.807) is 30.5 Å². The molecule has 1 aliphatic heterocycles. The number of hydrogen-bond donors (Lipinski definition) is 1. The molecule has 1 aliphatic rings. The van der Waals surface area contributed by atoms with Gasteiger partial charge in [0.1, 0.15) is 11.6 Å². The largest absolute Gasteiger partial charge is 0.500 e. The highest BCUT2D eigenvalue weighted by Gasteiger charge is 2.24. The summed E-state index contributed by atoms with van der Waals surface area (Å²) in [6.07, 6.45) is 4.03. The minimum absolute atomic E-state index is 0.284. The van der Waals surface area contributed by atoms with Crippen LogP contribution in [0.1, 0.15) is 30.4 Å². The Morgan fingerprint density at radius 3 is 2.21 bits per heavy atom. The molecule has 2 aromatic rings. The van der Waals surface area contributed by atoms with Gasteiger partial charge in [0.05, 0.1) is 18.8 Å². The predicted octanol–water partition coefficient (Wildman–Crippen LogP) is 4.56. The summed E-state index contributed by atoms with van der Waals surface area (Å²) in [5, 5.41) is 9.17. The zero-order valence-electron chi connectivity index (χ0n) is 16.2. The van der Waals surface area contributed by atoms with E-state index in [2.05, 4.69) is 4.90 Å². The van der Waals surface area contributed by atoms with Crippen LogP contribution in [0.5, 0.6) is 0 Å². The number of halogens is 2. The van der Waals surface area contributed by atoms with Crippen molar-refractivity contribution in [2.45, 2.75) is 19.3 Å². The van der Waals surface area contributed by atoms with Crippen molar-refractivity contribution in [1.82, 2.24) is 4.90 Å². The van der Waals surface area contributed by atoms with Crippen molar-refractivity contribution in [3.8, 4) is 0 Å². The van der Waals surface area contributed by atoms with Gasteiger partial charge in [0, 0.05) is 18.7 Å². The Morgan fingerprint density at radius 1 is 1.07 bits per heavy atom. The van der Waals surface area contributed by atoms with E-state index >= 15 is 0 Å². The van der Waals surface area contributed by atoms with Crippen LogP contribution in [0.15, 0.2) is 54.8 Å². The van der Waals surface area contributed by atoms with Gasteiger partial charge in [-0.2, -0.15) is 0 Å². The SMILES string of the molecule is O=C(O)[C@@H]1CCCN(CCCOC=C(c2ccc(F)cc2)c2ccc(F)cc2)C1. The maximum atomic E-state index is 13.3. The van der Waals surface area contributed by atoms with Gasteiger partial charge in [0.25, 0.3) is 0 Å².